The summed E-state index contributed by atoms with van der Waals surface area (Å²) >= 11 is 9.23. The van der Waals surface area contributed by atoms with Crippen LogP contribution >= 0.6 is 27.5 Å². The minimum atomic E-state index is -0.198. The second-order valence-corrected chi connectivity index (χ2v) is 5.31. The number of carbonyl (C=O) groups excluding carboxylic acids is 1. The van der Waals surface area contributed by atoms with E-state index in [1.54, 1.807) is 35.1 Å². The molecule has 1 aromatic carbocycles. The van der Waals surface area contributed by atoms with Crippen molar-refractivity contribution in [2.24, 2.45) is 0 Å². The quantitative estimate of drug-likeness (QED) is 0.863. The number of rotatable bonds is 6. The molecule has 106 valence electrons. The maximum Gasteiger partial charge on any atom is 0.258 e. The van der Waals surface area contributed by atoms with Crippen LogP contribution in [0.1, 0.15) is 0 Å². The van der Waals surface area contributed by atoms with Gasteiger partial charge < -0.3 is 10.1 Å². The summed E-state index contributed by atoms with van der Waals surface area (Å²) in [6.45, 7) is 1.02. The zero-order chi connectivity index (χ0) is 14.4. The van der Waals surface area contributed by atoms with Crippen LogP contribution in [0.3, 0.4) is 0 Å². The molecule has 2 rings (SSSR count). The Labute approximate surface area is 130 Å². The topological polar surface area (TPSA) is 56.1 Å². The molecule has 0 aliphatic rings. The standard InChI is InChI=1S/C13H13BrClN3O2/c14-10-7-17-18(8-10)6-5-16-13(19)9-20-12-4-2-1-3-11(12)15/h1-4,7-8H,5-6,9H2,(H,16,19). The maximum atomic E-state index is 11.6. The van der Waals surface area contributed by atoms with Gasteiger partial charge in [-0.25, -0.2) is 0 Å². The number of para-hydroxylation sites is 1. The second-order valence-electron chi connectivity index (χ2n) is 3.99. The van der Waals surface area contributed by atoms with Crippen molar-refractivity contribution >= 4 is 33.4 Å². The third kappa shape index (κ3) is 4.54. The molecule has 0 spiro atoms. The summed E-state index contributed by atoms with van der Waals surface area (Å²) in [6.07, 6.45) is 3.54. The number of carbonyl (C=O) groups is 1. The number of nitrogens with one attached hydrogen (secondary N) is 1. The summed E-state index contributed by atoms with van der Waals surface area (Å²) in [5.74, 6) is 0.302. The minimum Gasteiger partial charge on any atom is -0.482 e. The highest BCUT2D eigenvalue weighted by atomic mass is 79.9. The molecule has 5 nitrogen and oxygen atoms in total. The molecule has 1 amide bonds. The maximum absolute atomic E-state index is 11.6. The Morgan fingerprint density at radius 2 is 2.25 bits per heavy atom. The van der Waals surface area contributed by atoms with E-state index < -0.39 is 0 Å². The zero-order valence-corrected chi connectivity index (χ0v) is 12.9. The molecular weight excluding hydrogens is 346 g/mol. The average Bonchev–Trinajstić information content (AvgIpc) is 2.83. The molecule has 0 fully saturated rings. The second kappa shape index (κ2) is 7.31. The molecule has 0 saturated heterocycles. The molecule has 0 saturated carbocycles. The Hall–Kier alpha value is -1.53. The predicted molar refractivity (Wildman–Crippen MR) is 79.9 cm³/mol. The molecule has 7 heteroatoms. The number of halogens is 2. The molecule has 20 heavy (non-hydrogen) atoms. The van der Waals surface area contributed by atoms with Crippen molar-refractivity contribution in [3.05, 3.63) is 46.2 Å². The Morgan fingerprint density at radius 1 is 1.45 bits per heavy atom. The lowest BCUT2D eigenvalue weighted by Gasteiger charge is -2.08. The van der Waals surface area contributed by atoms with Crippen molar-refractivity contribution in [2.45, 2.75) is 6.54 Å². The van der Waals surface area contributed by atoms with Gasteiger partial charge in [-0.1, -0.05) is 23.7 Å². The minimum absolute atomic E-state index is 0.0630. The van der Waals surface area contributed by atoms with Gasteiger partial charge in [-0.2, -0.15) is 5.10 Å². The number of aromatic nitrogens is 2. The Balaban J connectivity index is 1.69. The molecule has 0 bridgehead atoms. The van der Waals surface area contributed by atoms with Gasteiger partial charge in [-0.15, -0.1) is 0 Å². The lowest BCUT2D eigenvalue weighted by molar-refractivity contribution is -0.123. The van der Waals surface area contributed by atoms with Crippen molar-refractivity contribution < 1.29 is 9.53 Å². The van der Waals surface area contributed by atoms with Gasteiger partial charge in [-0.05, 0) is 28.1 Å². The van der Waals surface area contributed by atoms with Gasteiger partial charge in [0.15, 0.2) is 6.61 Å². The number of benzene rings is 1. The van der Waals surface area contributed by atoms with Crippen LogP contribution in [0.15, 0.2) is 41.1 Å². The van der Waals surface area contributed by atoms with Crippen LogP contribution in [-0.4, -0.2) is 28.8 Å². The average molecular weight is 359 g/mol. The molecule has 0 atom stereocenters. The van der Waals surface area contributed by atoms with Crippen LogP contribution in [0, 0.1) is 0 Å². The molecular formula is C13H13BrClN3O2. The van der Waals surface area contributed by atoms with Crippen molar-refractivity contribution in [3.8, 4) is 5.75 Å². The van der Waals surface area contributed by atoms with Crippen molar-refractivity contribution in [2.75, 3.05) is 13.2 Å². The van der Waals surface area contributed by atoms with Gasteiger partial charge >= 0.3 is 0 Å². The SMILES string of the molecule is O=C(COc1ccccc1Cl)NCCn1cc(Br)cn1. The zero-order valence-electron chi connectivity index (χ0n) is 10.6. The lowest BCUT2D eigenvalue weighted by atomic mass is 10.3. The molecule has 1 N–H and O–H groups in total. The molecule has 1 heterocycles. The summed E-state index contributed by atoms with van der Waals surface area (Å²) in [6, 6.07) is 7.04. The van der Waals surface area contributed by atoms with E-state index in [1.165, 1.54) is 0 Å². The van der Waals surface area contributed by atoms with Crippen molar-refractivity contribution in [1.29, 1.82) is 0 Å². The number of hydrogen-bond donors (Lipinski definition) is 1. The fourth-order valence-electron chi connectivity index (χ4n) is 1.53. The van der Waals surface area contributed by atoms with Crippen molar-refractivity contribution in [3.63, 3.8) is 0 Å². The van der Waals surface area contributed by atoms with Crippen LogP contribution in [0.4, 0.5) is 0 Å². The predicted octanol–water partition coefficient (Wildman–Crippen LogP) is 2.49. The van der Waals surface area contributed by atoms with E-state index in [0.29, 0.717) is 23.9 Å². The summed E-state index contributed by atoms with van der Waals surface area (Å²) in [5.41, 5.74) is 0. The normalized spacial score (nSPS) is 10.3. The van der Waals surface area contributed by atoms with Crippen LogP contribution in [0.25, 0.3) is 0 Å². The number of nitrogens with zero attached hydrogens (tertiary/aromatic N) is 2. The molecule has 2 aromatic rings. The first kappa shape index (κ1) is 14.9. The highest BCUT2D eigenvalue weighted by Gasteiger charge is 2.05. The van der Waals surface area contributed by atoms with Crippen LogP contribution < -0.4 is 10.1 Å². The highest BCUT2D eigenvalue weighted by molar-refractivity contribution is 9.10. The van der Waals surface area contributed by atoms with E-state index in [9.17, 15) is 4.79 Å². The summed E-state index contributed by atoms with van der Waals surface area (Å²) in [4.78, 5) is 11.6. The Kier molecular flexibility index (Phi) is 5.43. The van der Waals surface area contributed by atoms with E-state index in [1.807, 2.05) is 6.20 Å². The van der Waals surface area contributed by atoms with Crippen LogP contribution in [-0.2, 0) is 11.3 Å². The van der Waals surface area contributed by atoms with Crippen LogP contribution in [0.5, 0.6) is 5.75 Å². The Bertz CT molecular complexity index is 589. The molecule has 0 aliphatic heterocycles. The number of amides is 1. The third-order valence-electron chi connectivity index (χ3n) is 2.46. The first-order valence-corrected chi connectivity index (χ1v) is 7.14. The summed E-state index contributed by atoms with van der Waals surface area (Å²) < 4.78 is 7.98. The highest BCUT2D eigenvalue weighted by Crippen LogP contribution is 2.22. The number of hydrogen-bond acceptors (Lipinski definition) is 3. The van der Waals surface area contributed by atoms with E-state index in [-0.39, 0.29) is 12.5 Å². The lowest BCUT2D eigenvalue weighted by Crippen LogP contribution is -2.31. The van der Waals surface area contributed by atoms with E-state index >= 15 is 0 Å². The van der Waals surface area contributed by atoms with Gasteiger partial charge in [0.05, 0.1) is 22.2 Å². The first-order valence-electron chi connectivity index (χ1n) is 5.97. The smallest absolute Gasteiger partial charge is 0.258 e. The summed E-state index contributed by atoms with van der Waals surface area (Å²) in [5, 5.41) is 7.32. The van der Waals surface area contributed by atoms with Crippen molar-refractivity contribution in [1.82, 2.24) is 15.1 Å². The molecule has 0 aliphatic carbocycles. The molecule has 1 aromatic heterocycles. The van der Waals surface area contributed by atoms with Gasteiger partial charge in [0.25, 0.3) is 5.91 Å². The largest absolute Gasteiger partial charge is 0.482 e. The fraction of sp³-hybridized carbons (Fsp3) is 0.231. The molecule has 0 unspecified atom stereocenters. The van der Waals surface area contributed by atoms with Gasteiger partial charge in [0.2, 0.25) is 0 Å². The first-order chi connectivity index (χ1) is 9.65. The van der Waals surface area contributed by atoms with E-state index in [2.05, 4.69) is 26.3 Å². The van der Waals surface area contributed by atoms with Gasteiger partial charge in [0, 0.05) is 12.7 Å². The van der Waals surface area contributed by atoms with E-state index in [0.717, 1.165) is 4.47 Å². The van der Waals surface area contributed by atoms with E-state index in [4.69, 9.17) is 16.3 Å². The molecule has 0 radical (unpaired) electrons. The van der Waals surface area contributed by atoms with Gasteiger partial charge in [0.1, 0.15) is 5.75 Å². The number of ether oxygens (including phenoxy) is 1. The third-order valence-corrected chi connectivity index (χ3v) is 3.18. The summed E-state index contributed by atoms with van der Waals surface area (Å²) in [7, 11) is 0. The monoisotopic (exact) mass is 357 g/mol. The Morgan fingerprint density at radius 3 is 2.95 bits per heavy atom. The van der Waals surface area contributed by atoms with Crippen LogP contribution in [0.2, 0.25) is 5.02 Å². The fourth-order valence-corrected chi connectivity index (χ4v) is 2.04. The van der Waals surface area contributed by atoms with Gasteiger partial charge in [-0.3, -0.25) is 9.48 Å².